The minimum absolute atomic E-state index is 0.490. The van der Waals surface area contributed by atoms with Gasteiger partial charge in [0.15, 0.2) is 5.96 Å². The maximum Gasteiger partial charge on any atom is 0.194 e. The van der Waals surface area contributed by atoms with E-state index >= 15 is 0 Å². The summed E-state index contributed by atoms with van der Waals surface area (Å²) in [5, 5.41) is 7.87. The summed E-state index contributed by atoms with van der Waals surface area (Å²) in [7, 11) is 2.00. The van der Waals surface area contributed by atoms with Gasteiger partial charge >= 0.3 is 0 Å². The molecule has 0 amide bonds. The lowest BCUT2D eigenvalue weighted by atomic mass is 10.2. The topological polar surface area (TPSA) is 53.7 Å². The molecule has 0 unspecified atom stereocenters. The molecule has 5 nitrogen and oxygen atoms in total. The van der Waals surface area contributed by atoms with E-state index in [-0.39, 0.29) is 0 Å². The molecule has 0 bridgehead atoms. The van der Waals surface area contributed by atoms with Crippen LogP contribution in [0.4, 0.5) is 0 Å². The summed E-state index contributed by atoms with van der Waals surface area (Å²) in [6, 6.07) is 9.63. The molecule has 1 aromatic heterocycles. The Labute approximate surface area is 129 Å². The standard InChI is InChI=1S/C15H19ClN4O/c1-3-17-15(18-10-14-8-9-21-19-14)20(2)11-12-4-6-13(16)7-5-12/h4-9H,3,10-11H2,1-2H3,(H,17,18). The van der Waals surface area contributed by atoms with E-state index < -0.39 is 0 Å². The van der Waals surface area contributed by atoms with Crippen molar-refractivity contribution in [2.75, 3.05) is 13.6 Å². The van der Waals surface area contributed by atoms with Gasteiger partial charge in [0.25, 0.3) is 0 Å². The Bertz CT molecular complexity index is 566. The first-order valence-corrected chi connectivity index (χ1v) is 7.20. The number of nitrogens with one attached hydrogen (secondary N) is 1. The summed E-state index contributed by atoms with van der Waals surface area (Å²) in [5.41, 5.74) is 1.99. The molecular weight excluding hydrogens is 288 g/mol. The van der Waals surface area contributed by atoms with Gasteiger partial charge in [0.2, 0.25) is 0 Å². The van der Waals surface area contributed by atoms with Crippen LogP contribution < -0.4 is 5.32 Å². The van der Waals surface area contributed by atoms with Gasteiger partial charge in [-0.15, -0.1) is 0 Å². The highest BCUT2D eigenvalue weighted by molar-refractivity contribution is 6.30. The molecule has 112 valence electrons. The van der Waals surface area contributed by atoms with Crippen LogP contribution in [-0.2, 0) is 13.1 Å². The molecule has 1 heterocycles. The maximum atomic E-state index is 5.90. The van der Waals surface area contributed by atoms with Crippen LogP contribution >= 0.6 is 11.6 Å². The second-order valence-electron chi connectivity index (χ2n) is 4.64. The average molecular weight is 307 g/mol. The molecule has 0 aliphatic carbocycles. The van der Waals surface area contributed by atoms with Crippen LogP contribution in [0.25, 0.3) is 0 Å². The van der Waals surface area contributed by atoms with E-state index in [0.717, 1.165) is 29.8 Å². The Morgan fingerprint density at radius 2 is 2.10 bits per heavy atom. The fourth-order valence-corrected chi connectivity index (χ4v) is 2.01. The Balaban J connectivity index is 2.02. The number of aliphatic imine (C=N–C) groups is 1. The molecular formula is C15H19ClN4O. The van der Waals surface area contributed by atoms with Crippen molar-refractivity contribution in [1.29, 1.82) is 0 Å². The van der Waals surface area contributed by atoms with Crippen molar-refractivity contribution in [2.45, 2.75) is 20.0 Å². The average Bonchev–Trinajstić information content (AvgIpc) is 2.99. The van der Waals surface area contributed by atoms with Crippen LogP contribution in [0.15, 0.2) is 46.1 Å². The van der Waals surface area contributed by atoms with Gasteiger partial charge in [0, 0.05) is 31.2 Å². The van der Waals surface area contributed by atoms with Crippen LogP contribution in [0.2, 0.25) is 5.02 Å². The third-order valence-electron chi connectivity index (χ3n) is 2.91. The number of rotatable bonds is 5. The van der Waals surface area contributed by atoms with Crippen LogP contribution in [0, 0.1) is 0 Å². The van der Waals surface area contributed by atoms with Crippen molar-refractivity contribution in [2.24, 2.45) is 4.99 Å². The third-order valence-corrected chi connectivity index (χ3v) is 3.16. The van der Waals surface area contributed by atoms with E-state index in [1.807, 2.05) is 44.3 Å². The van der Waals surface area contributed by atoms with Gasteiger partial charge in [-0.05, 0) is 24.6 Å². The predicted molar refractivity (Wildman–Crippen MR) is 84.2 cm³/mol. The largest absolute Gasteiger partial charge is 0.364 e. The fraction of sp³-hybridized carbons (Fsp3) is 0.333. The lowest BCUT2D eigenvalue weighted by molar-refractivity contribution is 0.411. The summed E-state index contributed by atoms with van der Waals surface area (Å²) in [6.45, 7) is 4.09. The van der Waals surface area contributed by atoms with Crippen molar-refractivity contribution in [3.8, 4) is 0 Å². The summed E-state index contributed by atoms with van der Waals surface area (Å²) in [6.07, 6.45) is 1.55. The number of guanidine groups is 1. The first-order valence-electron chi connectivity index (χ1n) is 6.82. The van der Waals surface area contributed by atoms with Crippen LogP contribution in [0.3, 0.4) is 0 Å². The van der Waals surface area contributed by atoms with Crippen molar-refractivity contribution in [3.05, 3.63) is 52.9 Å². The van der Waals surface area contributed by atoms with Crippen molar-refractivity contribution in [1.82, 2.24) is 15.4 Å². The van der Waals surface area contributed by atoms with E-state index in [4.69, 9.17) is 16.1 Å². The summed E-state index contributed by atoms with van der Waals surface area (Å²) in [5.74, 6) is 0.829. The monoisotopic (exact) mass is 306 g/mol. The van der Waals surface area contributed by atoms with Gasteiger partial charge in [0.05, 0.1) is 6.54 Å². The molecule has 0 spiro atoms. The number of halogens is 1. The van der Waals surface area contributed by atoms with Gasteiger partial charge in [-0.2, -0.15) is 0 Å². The second-order valence-corrected chi connectivity index (χ2v) is 5.08. The van der Waals surface area contributed by atoms with Crippen molar-refractivity contribution < 1.29 is 4.52 Å². The fourth-order valence-electron chi connectivity index (χ4n) is 1.88. The molecule has 1 N–H and O–H groups in total. The number of hydrogen-bond acceptors (Lipinski definition) is 3. The van der Waals surface area contributed by atoms with E-state index in [1.165, 1.54) is 5.56 Å². The normalized spacial score (nSPS) is 11.5. The zero-order chi connectivity index (χ0) is 15.1. The van der Waals surface area contributed by atoms with E-state index in [2.05, 4.69) is 20.4 Å². The molecule has 2 aromatic rings. The Morgan fingerprint density at radius 1 is 1.33 bits per heavy atom. The second kappa shape index (κ2) is 7.69. The molecule has 21 heavy (non-hydrogen) atoms. The molecule has 0 saturated heterocycles. The molecule has 0 radical (unpaired) electrons. The van der Waals surface area contributed by atoms with E-state index in [9.17, 15) is 0 Å². The maximum absolute atomic E-state index is 5.90. The van der Waals surface area contributed by atoms with Gasteiger partial charge in [-0.1, -0.05) is 28.9 Å². The molecule has 0 fully saturated rings. The first kappa shape index (κ1) is 15.4. The van der Waals surface area contributed by atoms with Gasteiger partial charge in [0.1, 0.15) is 12.0 Å². The highest BCUT2D eigenvalue weighted by atomic mass is 35.5. The van der Waals surface area contributed by atoms with Crippen LogP contribution in [0.5, 0.6) is 0 Å². The summed E-state index contributed by atoms with van der Waals surface area (Å²) >= 11 is 5.90. The zero-order valence-electron chi connectivity index (χ0n) is 12.2. The number of hydrogen-bond donors (Lipinski definition) is 1. The number of nitrogens with zero attached hydrogens (tertiary/aromatic N) is 3. The smallest absolute Gasteiger partial charge is 0.194 e. The molecule has 0 aliphatic rings. The third kappa shape index (κ3) is 4.79. The lowest BCUT2D eigenvalue weighted by Crippen LogP contribution is -2.38. The zero-order valence-corrected chi connectivity index (χ0v) is 13.0. The summed E-state index contributed by atoms with van der Waals surface area (Å²) < 4.78 is 4.81. The van der Waals surface area contributed by atoms with Gasteiger partial charge in [-0.3, -0.25) is 0 Å². The van der Waals surface area contributed by atoms with Crippen LogP contribution in [-0.4, -0.2) is 29.6 Å². The van der Waals surface area contributed by atoms with Crippen molar-refractivity contribution >= 4 is 17.6 Å². The van der Waals surface area contributed by atoms with Crippen LogP contribution in [0.1, 0.15) is 18.2 Å². The van der Waals surface area contributed by atoms with E-state index in [0.29, 0.717) is 6.54 Å². The van der Waals surface area contributed by atoms with Gasteiger partial charge < -0.3 is 14.7 Å². The van der Waals surface area contributed by atoms with Gasteiger partial charge in [-0.25, -0.2) is 4.99 Å². The molecule has 0 atom stereocenters. The Hall–Kier alpha value is -2.01. The Kier molecular flexibility index (Phi) is 5.63. The Morgan fingerprint density at radius 3 is 2.71 bits per heavy atom. The lowest BCUT2D eigenvalue weighted by Gasteiger charge is -2.22. The highest BCUT2D eigenvalue weighted by Gasteiger charge is 2.07. The SMILES string of the molecule is CCNC(=NCc1ccon1)N(C)Cc1ccc(Cl)cc1. The number of aromatic nitrogens is 1. The molecule has 0 aliphatic heterocycles. The van der Waals surface area contributed by atoms with Crippen molar-refractivity contribution in [3.63, 3.8) is 0 Å². The molecule has 6 heteroatoms. The minimum atomic E-state index is 0.490. The minimum Gasteiger partial charge on any atom is -0.364 e. The first-order chi connectivity index (χ1) is 10.2. The predicted octanol–water partition coefficient (Wildman–Crippen LogP) is 2.93. The molecule has 0 saturated carbocycles. The van der Waals surface area contributed by atoms with E-state index in [1.54, 1.807) is 6.26 Å². The molecule has 1 aromatic carbocycles. The number of benzene rings is 1. The summed E-state index contributed by atoms with van der Waals surface area (Å²) in [4.78, 5) is 6.61. The highest BCUT2D eigenvalue weighted by Crippen LogP contribution is 2.11. The quantitative estimate of drug-likeness (QED) is 0.681. The molecule has 2 rings (SSSR count).